The summed E-state index contributed by atoms with van der Waals surface area (Å²) in [5, 5.41) is 3.09. The first-order valence-corrected chi connectivity index (χ1v) is 6.17. The van der Waals surface area contributed by atoms with E-state index < -0.39 is 5.97 Å². The monoisotopic (exact) mass is 274 g/mol. The number of esters is 1. The molecular weight excluding hydrogens is 259 g/mol. The number of hydrogen-bond acceptors (Lipinski definition) is 4. The van der Waals surface area contributed by atoms with Gasteiger partial charge in [-0.3, -0.25) is 0 Å². The summed E-state index contributed by atoms with van der Waals surface area (Å²) in [4.78, 5) is 15.8. The molecule has 0 spiro atoms. The highest BCUT2D eigenvalue weighted by Crippen LogP contribution is 2.21. The maximum absolute atomic E-state index is 13.2. The normalized spacial score (nSPS) is 11.8. The van der Waals surface area contributed by atoms with E-state index in [0.29, 0.717) is 11.4 Å². The average Bonchev–Trinajstić information content (AvgIpc) is 2.47. The minimum atomic E-state index is -0.466. The fourth-order valence-electron chi connectivity index (χ4n) is 1.86. The number of carbonyl (C=O) groups excluding carboxylic acids is 1. The summed E-state index contributed by atoms with van der Waals surface area (Å²) in [5.74, 6) is -0.353. The van der Waals surface area contributed by atoms with Crippen molar-refractivity contribution >= 4 is 11.8 Å². The van der Waals surface area contributed by atoms with Gasteiger partial charge in [-0.25, -0.2) is 14.2 Å². The fraction of sp³-hybridized carbons (Fsp3) is 0.200. The van der Waals surface area contributed by atoms with Gasteiger partial charge in [0.25, 0.3) is 0 Å². The molecule has 1 aromatic heterocycles. The summed E-state index contributed by atoms with van der Waals surface area (Å²) < 4.78 is 17.9. The van der Waals surface area contributed by atoms with E-state index in [0.717, 1.165) is 5.56 Å². The van der Waals surface area contributed by atoms with Crippen LogP contribution in [0, 0.1) is 5.82 Å². The Morgan fingerprint density at radius 3 is 2.85 bits per heavy atom. The summed E-state index contributed by atoms with van der Waals surface area (Å²) in [6, 6.07) is 9.37. The topological polar surface area (TPSA) is 51.2 Å². The molecule has 5 heteroatoms. The number of benzene rings is 1. The maximum atomic E-state index is 13.2. The number of nitrogens with zero attached hydrogens (tertiary/aromatic N) is 1. The minimum Gasteiger partial charge on any atom is -0.465 e. The van der Waals surface area contributed by atoms with Crippen molar-refractivity contribution in [1.82, 2.24) is 4.98 Å². The predicted octanol–water partition coefficient (Wildman–Crippen LogP) is 3.18. The highest BCUT2D eigenvalue weighted by Gasteiger charge is 2.15. The number of aromatic nitrogens is 1. The van der Waals surface area contributed by atoms with Crippen LogP contribution in [0.1, 0.15) is 28.9 Å². The van der Waals surface area contributed by atoms with Crippen LogP contribution < -0.4 is 5.32 Å². The van der Waals surface area contributed by atoms with E-state index in [1.807, 2.05) is 13.0 Å². The second-order valence-corrected chi connectivity index (χ2v) is 4.31. The van der Waals surface area contributed by atoms with Crippen molar-refractivity contribution in [1.29, 1.82) is 0 Å². The molecule has 2 aromatic rings. The summed E-state index contributed by atoms with van der Waals surface area (Å²) in [5.41, 5.74) is 1.12. The molecular formula is C15H15FN2O2. The Bertz CT molecular complexity index is 616. The molecule has 0 aliphatic carbocycles. The van der Waals surface area contributed by atoms with Crippen LogP contribution in [0.5, 0.6) is 0 Å². The SMILES string of the molecule is COC(=O)c1cccnc1NC(C)c1cccc(F)c1. The summed E-state index contributed by atoms with van der Waals surface area (Å²) in [6.45, 7) is 1.87. The lowest BCUT2D eigenvalue weighted by Crippen LogP contribution is -2.13. The van der Waals surface area contributed by atoms with Crippen LogP contribution in [0.4, 0.5) is 10.2 Å². The largest absolute Gasteiger partial charge is 0.465 e. The molecule has 1 N–H and O–H groups in total. The van der Waals surface area contributed by atoms with Crippen LogP contribution in [-0.2, 0) is 4.74 Å². The van der Waals surface area contributed by atoms with Gasteiger partial charge in [0, 0.05) is 6.20 Å². The third-order valence-corrected chi connectivity index (χ3v) is 2.91. The summed E-state index contributed by atoms with van der Waals surface area (Å²) in [7, 11) is 1.31. The van der Waals surface area contributed by atoms with Crippen molar-refractivity contribution in [3.63, 3.8) is 0 Å². The van der Waals surface area contributed by atoms with E-state index in [9.17, 15) is 9.18 Å². The Labute approximate surface area is 116 Å². The molecule has 1 heterocycles. The third-order valence-electron chi connectivity index (χ3n) is 2.91. The van der Waals surface area contributed by atoms with E-state index >= 15 is 0 Å². The number of hydrogen-bond donors (Lipinski definition) is 1. The smallest absolute Gasteiger partial charge is 0.341 e. The van der Waals surface area contributed by atoms with E-state index in [2.05, 4.69) is 10.3 Å². The number of carbonyl (C=O) groups is 1. The van der Waals surface area contributed by atoms with Crippen LogP contribution in [-0.4, -0.2) is 18.1 Å². The molecule has 2 rings (SSSR count). The maximum Gasteiger partial charge on any atom is 0.341 e. The highest BCUT2D eigenvalue weighted by atomic mass is 19.1. The number of methoxy groups -OCH3 is 1. The van der Waals surface area contributed by atoms with Gasteiger partial charge in [0.2, 0.25) is 0 Å². The number of ether oxygens (including phenoxy) is 1. The molecule has 1 unspecified atom stereocenters. The number of rotatable bonds is 4. The molecule has 104 valence electrons. The molecule has 0 amide bonds. The van der Waals surface area contributed by atoms with Gasteiger partial charge in [-0.05, 0) is 36.8 Å². The Morgan fingerprint density at radius 2 is 2.15 bits per heavy atom. The van der Waals surface area contributed by atoms with E-state index in [4.69, 9.17) is 4.74 Å². The molecule has 0 saturated heterocycles. The van der Waals surface area contributed by atoms with Gasteiger partial charge in [0.15, 0.2) is 0 Å². The number of pyridine rings is 1. The van der Waals surface area contributed by atoms with Crippen LogP contribution in [0.2, 0.25) is 0 Å². The van der Waals surface area contributed by atoms with Crippen molar-refractivity contribution in [2.24, 2.45) is 0 Å². The van der Waals surface area contributed by atoms with Gasteiger partial charge in [-0.15, -0.1) is 0 Å². The third kappa shape index (κ3) is 3.12. The standard InChI is InChI=1S/C15H15FN2O2/c1-10(11-5-3-6-12(16)9-11)18-14-13(15(19)20-2)7-4-8-17-14/h3-10H,1-2H3,(H,17,18). The first-order valence-electron chi connectivity index (χ1n) is 6.17. The van der Waals surface area contributed by atoms with E-state index in [-0.39, 0.29) is 11.9 Å². The molecule has 0 fully saturated rings. The van der Waals surface area contributed by atoms with Crippen LogP contribution >= 0.6 is 0 Å². The second-order valence-electron chi connectivity index (χ2n) is 4.31. The molecule has 0 aliphatic heterocycles. The van der Waals surface area contributed by atoms with Crippen LogP contribution in [0.3, 0.4) is 0 Å². The summed E-state index contributed by atoms with van der Waals surface area (Å²) in [6.07, 6.45) is 1.58. The molecule has 0 radical (unpaired) electrons. The Morgan fingerprint density at radius 1 is 1.35 bits per heavy atom. The van der Waals surface area contributed by atoms with Gasteiger partial charge in [0.1, 0.15) is 17.2 Å². The van der Waals surface area contributed by atoms with Crippen molar-refractivity contribution < 1.29 is 13.9 Å². The lowest BCUT2D eigenvalue weighted by atomic mass is 10.1. The second kappa shape index (κ2) is 6.14. The van der Waals surface area contributed by atoms with Gasteiger partial charge in [0.05, 0.1) is 13.2 Å². The lowest BCUT2D eigenvalue weighted by molar-refractivity contribution is 0.0601. The Kier molecular flexibility index (Phi) is 4.30. The quantitative estimate of drug-likeness (QED) is 0.870. The van der Waals surface area contributed by atoms with Crippen molar-refractivity contribution in [3.8, 4) is 0 Å². The number of halogens is 1. The van der Waals surface area contributed by atoms with Gasteiger partial charge < -0.3 is 10.1 Å². The summed E-state index contributed by atoms with van der Waals surface area (Å²) >= 11 is 0. The molecule has 1 aromatic carbocycles. The molecule has 4 nitrogen and oxygen atoms in total. The lowest BCUT2D eigenvalue weighted by Gasteiger charge is -2.16. The van der Waals surface area contributed by atoms with Crippen molar-refractivity contribution in [2.45, 2.75) is 13.0 Å². The van der Waals surface area contributed by atoms with Gasteiger partial charge in [-0.2, -0.15) is 0 Å². The van der Waals surface area contributed by atoms with E-state index in [1.54, 1.807) is 24.4 Å². The average molecular weight is 274 g/mol. The first-order chi connectivity index (χ1) is 9.61. The van der Waals surface area contributed by atoms with Crippen molar-refractivity contribution in [2.75, 3.05) is 12.4 Å². The molecule has 0 aliphatic rings. The highest BCUT2D eigenvalue weighted by molar-refractivity contribution is 5.94. The number of nitrogens with one attached hydrogen (secondary N) is 1. The van der Waals surface area contributed by atoms with Crippen LogP contribution in [0.25, 0.3) is 0 Å². The minimum absolute atomic E-state index is 0.191. The van der Waals surface area contributed by atoms with Crippen LogP contribution in [0.15, 0.2) is 42.6 Å². The number of anilines is 1. The Hall–Kier alpha value is -2.43. The molecule has 1 atom stereocenters. The molecule has 20 heavy (non-hydrogen) atoms. The van der Waals surface area contributed by atoms with E-state index in [1.165, 1.54) is 19.2 Å². The van der Waals surface area contributed by atoms with Gasteiger partial charge in [-0.1, -0.05) is 12.1 Å². The fourth-order valence-corrected chi connectivity index (χ4v) is 1.86. The first kappa shape index (κ1) is 14.0. The predicted molar refractivity (Wildman–Crippen MR) is 74.0 cm³/mol. The zero-order valence-electron chi connectivity index (χ0n) is 11.3. The zero-order chi connectivity index (χ0) is 14.5. The molecule has 0 bridgehead atoms. The molecule has 0 saturated carbocycles. The van der Waals surface area contributed by atoms with Gasteiger partial charge >= 0.3 is 5.97 Å². The Balaban J connectivity index is 2.24. The van der Waals surface area contributed by atoms with Crippen molar-refractivity contribution in [3.05, 3.63) is 59.5 Å². The zero-order valence-corrected chi connectivity index (χ0v) is 11.3.